The molecule has 0 spiro atoms. The van der Waals surface area contributed by atoms with Gasteiger partial charge < -0.3 is 15.1 Å². The molecule has 1 atom stereocenters. The molecule has 9 heteroatoms. The molecule has 1 unspecified atom stereocenters. The third-order valence-corrected chi connectivity index (χ3v) is 6.53. The van der Waals surface area contributed by atoms with Crippen LogP contribution >= 0.6 is 0 Å². The van der Waals surface area contributed by atoms with Crippen molar-refractivity contribution in [2.75, 3.05) is 5.32 Å². The highest BCUT2D eigenvalue weighted by Crippen LogP contribution is 2.20. The van der Waals surface area contributed by atoms with E-state index in [4.69, 9.17) is 4.42 Å². The van der Waals surface area contributed by atoms with Gasteiger partial charge >= 0.3 is 0 Å². The number of carbonyl (C=O) groups is 2. The van der Waals surface area contributed by atoms with Crippen molar-refractivity contribution in [3.8, 4) is 0 Å². The summed E-state index contributed by atoms with van der Waals surface area (Å²) < 4.78 is 33.0. The molecule has 8 nitrogen and oxygen atoms in total. The molecular weight excluding hydrogens is 466 g/mol. The summed E-state index contributed by atoms with van der Waals surface area (Å²) in [6.07, 6.45) is 1.46. The summed E-state index contributed by atoms with van der Waals surface area (Å²) in [5.74, 6) is -0.454. The zero-order valence-corrected chi connectivity index (χ0v) is 19.4. The van der Waals surface area contributed by atoms with E-state index in [2.05, 4.69) is 15.4 Å². The maximum absolute atomic E-state index is 13.2. The predicted molar refractivity (Wildman–Crippen MR) is 131 cm³/mol. The second-order valence-corrected chi connectivity index (χ2v) is 9.37. The fourth-order valence-electron chi connectivity index (χ4n) is 3.37. The second-order valence-electron chi connectivity index (χ2n) is 7.60. The van der Waals surface area contributed by atoms with Gasteiger partial charge in [0.2, 0.25) is 10.0 Å². The first-order valence-electron chi connectivity index (χ1n) is 10.8. The molecular formula is C26H23N3O5S. The van der Waals surface area contributed by atoms with Crippen LogP contribution in [0.1, 0.15) is 27.7 Å². The smallest absolute Gasteiger partial charge is 0.252 e. The summed E-state index contributed by atoms with van der Waals surface area (Å²) >= 11 is 0. The van der Waals surface area contributed by atoms with Crippen molar-refractivity contribution in [2.45, 2.75) is 17.5 Å². The number of hydrogen-bond donors (Lipinski definition) is 3. The molecule has 1 aromatic heterocycles. The summed E-state index contributed by atoms with van der Waals surface area (Å²) in [6, 6.07) is 25.6. The van der Waals surface area contributed by atoms with E-state index in [1.54, 1.807) is 72.8 Å². The van der Waals surface area contributed by atoms with Crippen LogP contribution in [-0.4, -0.2) is 20.2 Å². The van der Waals surface area contributed by atoms with Gasteiger partial charge in [-0.25, -0.2) is 13.1 Å². The first-order chi connectivity index (χ1) is 16.9. The first kappa shape index (κ1) is 23.9. The molecule has 178 valence electrons. The molecule has 0 saturated carbocycles. The Morgan fingerprint density at radius 2 is 1.54 bits per heavy atom. The third kappa shape index (κ3) is 6.23. The van der Waals surface area contributed by atoms with Gasteiger partial charge in [0.1, 0.15) is 11.8 Å². The zero-order valence-electron chi connectivity index (χ0n) is 18.5. The number of anilines is 1. The standard InChI is InChI=1S/C26H23N3O5S/c30-25(20-11-5-2-6-12-20)29-24(19-9-3-1-4-10-19)26(31)28-21-13-7-15-23(17-21)35(32,33)27-18-22-14-8-16-34-22/h1-17,24,27H,18H2,(H,28,31)(H,29,30). The van der Waals surface area contributed by atoms with E-state index in [0.717, 1.165) is 0 Å². The number of nitrogens with one attached hydrogen (secondary N) is 3. The number of rotatable bonds is 9. The Labute approximate surface area is 203 Å². The van der Waals surface area contributed by atoms with Crippen molar-refractivity contribution in [2.24, 2.45) is 0 Å². The van der Waals surface area contributed by atoms with Gasteiger partial charge in [-0.2, -0.15) is 0 Å². The van der Waals surface area contributed by atoms with Crippen molar-refractivity contribution in [1.82, 2.24) is 10.0 Å². The lowest BCUT2D eigenvalue weighted by molar-refractivity contribution is -0.118. The molecule has 0 aliphatic rings. The summed E-state index contributed by atoms with van der Waals surface area (Å²) in [5.41, 5.74) is 1.26. The first-order valence-corrected chi connectivity index (χ1v) is 12.2. The van der Waals surface area contributed by atoms with Crippen molar-refractivity contribution >= 4 is 27.5 Å². The van der Waals surface area contributed by atoms with Gasteiger partial charge in [0.05, 0.1) is 17.7 Å². The minimum atomic E-state index is -3.85. The molecule has 1 heterocycles. The van der Waals surface area contributed by atoms with Gasteiger partial charge in [-0.15, -0.1) is 0 Å². The largest absolute Gasteiger partial charge is 0.468 e. The third-order valence-electron chi connectivity index (χ3n) is 5.13. The summed E-state index contributed by atoms with van der Waals surface area (Å²) in [4.78, 5) is 26.0. The Morgan fingerprint density at radius 3 is 2.23 bits per heavy atom. The summed E-state index contributed by atoms with van der Waals surface area (Å²) in [6.45, 7) is -0.00643. The Kier molecular flexibility index (Phi) is 7.39. The molecule has 4 rings (SSSR count). The van der Waals surface area contributed by atoms with Gasteiger partial charge in [0, 0.05) is 11.3 Å². The van der Waals surface area contributed by atoms with Crippen LogP contribution in [-0.2, 0) is 21.4 Å². The summed E-state index contributed by atoms with van der Waals surface area (Å²) in [7, 11) is -3.85. The Balaban J connectivity index is 1.52. The normalized spacial score (nSPS) is 12.0. The molecule has 0 bridgehead atoms. The van der Waals surface area contributed by atoms with Crippen molar-refractivity contribution in [1.29, 1.82) is 0 Å². The molecule has 0 radical (unpaired) electrons. The molecule has 2 amide bonds. The van der Waals surface area contributed by atoms with Crippen LogP contribution in [0.15, 0.2) is 113 Å². The minimum Gasteiger partial charge on any atom is -0.468 e. The van der Waals surface area contributed by atoms with Crippen molar-refractivity contribution in [3.63, 3.8) is 0 Å². The topological polar surface area (TPSA) is 118 Å². The molecule has 35 heavy (non-hydrogen) atoms. The highest BCUT2D eigenvalue weighted by Gasteiger charge is 2.24. The van der Waals surface area contributed by atoms with Crippen LogP contribution in [0.4, 0.5) is 5.69 Å². The van der Waals surface area contributed by atoms with Crippen LogP contribution < -0.4 is 15.4 Å². The monoisotopic (exact) mass is 489 g/mol. The maximum atomic E-state index is 13.2. The van der Waals surface area contributed by atoms with Gasteiger partial charge in [-0.1, -0.05) is 54.6 Å². The number of benzene rings is 3. The van der Waals surface area contributed by atoms with E-state index in [1.165, 1.54) is 24.5 Å². The number of amides is 2. The zero-order chi connectivity index (χ0) is 24.7. The Hall–Kier alpha value is -4.21. The van der Waals surface area contributed by atoms with Gasteiger partial charge in [-0.3, -0.25) is 9.59 Å². The molecule has 0 saturated heterocycles. The number of sulfonamides is 1. The molecule has 4 aromatic rings. The highest BCUT2D eigenvalue weighted by molar-refractivity contribution is 7.89. The highest BCUT2D eigenvalue weighted by atomic mass is 32.2. The lowest BCUT2D eigenvalue weighted by atomic mass is 10.1. The van der Waals surface area contributed by atoms with Crippen LogP contribution in [0.3, 0.4) is 0 Å². The fourth-order valence-corrected chi connectivity index (χ4v) is 4.41. The van der Waals surface area contributed by atoms with E-state index < -0.39 is 27.9 Å². The van der Waals surface area contributed by atoms with Crippen molar-refractivity contribution in [3.05, 3.63) is 120 Å². The van der Waals surface area contributed by atoms with Crippen LogP contribution in [0.25, 0.3) is 0 Å². The van der Waals surface area contributed by atoms with Crippen LogP contribution in [0.2, 0.25) is 0 Å². The quantitative estimate of drug-likeness (QED) is 0.330. The molecule has 0 aliphatic heterocycles. The van der Waals surface area contributed by atoms with Gasteiger partial charge in [-0.05, 0) is 48.0 Å². The molecule has 0 aliphatic carbocycles. The second kappa shape index (κ2) is 10.8. The number of furan rings is 1. The van der Waals surface area contributed by atoms with E-state index in [0.29, 0.717) is 16.9 Å². The number of hydrogen-bond acceptors (Lipinski definition) is 5. The predicted octanol–water partition coefficient (Wildman–Crippen LogP) is 3.87. The summed E-state index contributed by atoms with van der Waals surface area (Å²) in [5, 5.41) is 5.47. The SMILES string of the molecule is O=C(NC(C(=O)Nc1cccc(S(=O)(=O)NCc2ccco2)c1)c1ccccc1)c1ccccc1. The molecule has 3 aromatic carbocycles. The molecule has 3 N–H and O–H groups in total. The van der Waals surface area contributed by atoms with E-state index in [-0.39, 0.29) is 17.1 Å². The van der Waals surface area contributed by atoms with E-state index in [9.17, 15) is 18.0 Å². The van der Waals surface area contributed by atoms with Gasteiger partial charge in [0.25, 0.3) is 11.8 Å². The Bertz CT molecular complexity index is 1390. The average Bonchev–Trinajstić information content (AvgIpc) is 3.41. The molecule has 0 fully saturated rings. The van der Waals surface area contributed by atoms with Crippen LogP contribution in [0.5, 0.6) is 0 Å². The van der Waals surface area contributed by atoms with Gasteiger partial charge in [0.15, 0.2) is 0 Å². The van der Waals surface area contributed by atoms with Crippen molar-refractivity contribution < 1.29 is 22.4 Å². The number of carbonyl (C=O) groups excluding carboxylic acids is 2. The average molecular weight is 490 g/mol. The lowest BCUT2D eigenvalue weighted by Crippen LogP contribution is -2.37. The lowest BCUT2D eigenvalue weighted by Gasteiger charge is -2.19. The maximum Gasteiger partial charge on any atom is 0.252 e. The van der Waals surface area contributed by atoms with Crippen LogP contribution in [0, 0.1) is 0 Å². The minimum absolute atomic E-state index is 0.00643. The fraction of sp³-hybridized carbons (Fsp3) is 0.0769. The Morgan fingerprint density at radius 1 is 0.829 bits per heavy atom. The van der Waals surface area contributed by atoms with E-state index >= 15 is 0 Å². The van der Waals surface area contributed by atoms with E-state index in [1.807, 2.05) is 6.07 Å².